The first-order valence-corrected chi connectivity index (χ1v) is 4.73. The van der Waals surface area contributed by atoms with Gasteiger partial charge in [-0.2, -0.15) is 17.6 Å². The Morgan fingerprint density at radius 2 is 1.94 bits per heavy atom. The van der Waals surface area contributed by atoms with Gasteiger partial charge in [0.05, 0.1) is 4.92 Å². The first-order chi connectivity index (χ1) is 7.22. The molecule has 0 saturated heterocycles. The van der Waals surface area contributed by atoms with Crippen LogP contribution in [0.1, 0.15) is 5.56 Å². The zero-order valence-electron chi connectivity index (χ0n) is 7.84. The van der Waals surface area contributed by atoms with E-state index in [1.807, 2.05) is 0 Å². The van der Waals surface area contributed by atoms with Crippen molar-refractivity contribution in [3.05, 3.63) is 33.6 Å². The quantitative estimate of drug-likeness (QED) is 0.350. The Labute approximate surface area is 91.6 Å². The first kappa shape index (κ1) is 12.8. The number of benzene rings is 1. The van der Waals surface area contributed by atoms with Gasteiger partial charge in [-0.15, -0.1) is 0 Å². The highest BCUT2D eigenvalue weighted by atomic mass is 32.2. The normalized spacial score (nSPS) is 11.6. The van der Waals surface area contributed by atoms with Crippen LogP contribution in [-0.4, -0.2) is 10.4 Å². The largest absolute Gasteiger partial charge is 0.446 e. The maximum atomic E-state index is 13.0. The molecule has 0 heterocycles. The molecule has 1 rings (SSSR count). The summed E-state index contributed by atoms with van der Waals surface area (Å²) in [5, 5.41) is 10.4. The molecular weight excluding hydrogens is 250 g/mol. The lowest BCUT2D eigenvalue weighted by molar-refractivity contribution is -0.388. The molecular formula is C8H5F4NO2S. The van der Waals surface area contributed by atoms with Gasteiger partial charge < -0.3 is 0 Å². The number of alkyl halides is 3. The molecule has 0 saturated carbocycles. The minimum absolute atomic E-state index is 0.327. The molecule has 0 unspecified atom stereocenters. The van der Waals surface area contributed by atoms with Crippen LogP contribution in [0, 0.1) is 22.9 Å². The molecule has 0 aliphatic carbocycles. The molecule has 0 amide bonds. The van der Waals surface area contributed by atoms with Crippen molar-refractivity contribution in [3.8, 4) is 0 Å². The number of thioether (sulfide) groups is 1. The summed E-state index contributed by atoms with van der Waals surface area (Å²) in [7, 11) is 0. The Bertz CT molecular complexity index is 433. The third kappa shape index (κ3) is 2.84. The van der Waals surface area contributed by atoms with Gasteiger partial charge in [0.2, 0.25) is 5.82 Å². The topological polar surface area (TPSA) is 43.1 Å². The SMILES string of the molecule is Cc1c(SC(F)(F)F)ccc(F)c1[N+](=O)[O-]. The van der Waals surface area contributed by atoms with Crippen molar-refractivity contribution in [1.82, 2.24) is 0 Å². The first-order valence-electron chi connectivity index (χ1n) is 3.91. The highest BCUT2D eigenvalue weighted by Gasteiger charge is 2.32. The molecule has 0 bridgehead atoms. The third-order valence-corrected chi connectivity index (χ3v) is 2.63. The van der Waals surface area contributed by atoms with Crippen LogP contribution in [0.5, 0.6) is 0 Å². The van der Waals surface area contributed by atoms with Crippen LogP contribution in [0.4, 0.5) is 23.2 Å². The van der Waals surface area contributed by atoms with Gasteiger partial charge >= 0.3 is 11.2 Å². The fourth-order valence-corrected chi connectivity index (χ4v) is 1.74. The average Bonchev–Trinajstić information content (AvgIpc) is 2.07. The fraction of sp³-hybridized carbons (Fsp3) is 0.250. The van der Waals surface area contributed by atoms with E-state index in [2.05, 4.69) is 0 Å². The Morgan fingerprint density at radius 1 is 1.38 bits per heavy atom. The Kier molecular flexibility index (Phi) is 3.41. The van der Waals surface area contributed by atoms with Crippen LogP contribution in [-0.2, 0) is 0 Å². The van der Waals surface area contributed by atoms with Crippen molar-refractivity contribution in [2.24, 2.45) is 0 Å². The minimum Gasteiger partial charge on any atom is -0.258 e. The molecule has 3 nitrogen and oxygen atoms in total. The van der Waals surface area contributed by atoms with Crippen LogP contribution in [0.3, 0.4) is 0 Å². The molecule has 8 heteroatoms. The van der Waals surface area contributed by atoms with E-state index in [0.717, 1.165) is 13.0 Å². The van der Waals surface area contributed by atoms with E-state index in [1.165, 1.54) is 0 Å². The number of nitro groups is 1. The number of rotatable bonds is 2. The molecule has 1 aromatic carbocycles. The molecule has 16 heavy (non-hydrogen) atoms. The molecule has 0 atom stereocenters. The van der Waals surface area contributed by atoms with E-state index in [-0.39, 0.29) is 10.5 Å². The van der Waals surface area contributed by atoms with Crippen LogP contribution >= 0.6 is 11.8 Å². The van der Waals surface area contributed by atoms with Gasteiger partial charge in [0.25, 0.3) is 0 Å². The summed E-state index contributed by atoms with van der Waals surface area (Å²) >= 11 is -0.503. The van der Waals surface area contributed by atoms with Gasteiger partial charge in [0.1, 0.15) is 0 Å². The zero-order chi connectivity index (χ0) is 12.5. The van der Waals surface area contributed by atoms with Gasteiger partial charge in [0, 0.05) is 10.5 Å². The van der Waals surface area contributed by atoms with Gasteiger partial charge in [-0.3, -0.25) is 10.1 Å². The summed E-state index contributed by atoms with van der Waals surface area (Å²) in [5.41, 5.74) is -5.81. The Morgan fingerprint density at radius 3 is 2.38 bits per heavy atom. The van der Waals surface area contributed by atoms with E-state index in [4.69, 9.17) is 0 Å². The molecule has 0 fully saturated rings. The summed E-state index contributed by atoms with van der Waals surface area (Å²) in [4.78, 5) is 9.02. The Balaban J connectivity index is 3.24. The van der Waals surface area contributed by atoms with Gasteiger partial charge in [0.15, 0.2) is 0 Å². The van der Waals surface area contributed by atoms with E-state index >= 15 is 0 Å². The average molecular weight is 255 g/mol. The fourth-order valence-electron chi connectivity index (χ4n) is 1.11. The molecule has 1 aromatic rings. The summed E-state index contributed by atoms with van der Waals surface area (Å²) in [6, 6.07) is 1.52. The highest BCUT2D eigenvalue weighted by molar-refractivity contribution is 8.00. The molecule has 0 N–H and O–H groups in total. The highest BCUT2D eigenvalue weighted by Crippen LogP contribution is 2.41. The lowest BCUT2D eigenvalue weighted by Crippen LogP contribution is -2.02. The van der Waals surface area contributed by atoms with Crippen LogP contribution in [0.25, 0.3) is 0 Å². The molecule has 0 aromatic heterocycles. The van der Waals surface area contributed by atoms with Gasteiger partial charge in [-0.05, 0) is 30.8 Å². The van der Waals surface area contributed by atoms with E-state index < -0.39 is 33.7 Å². The summed E-state index contributed by atoms with van der Waals surface area (Å²) in [6.45, 7) is 1.08. The number of hydrogen-bond donors (Lipinski definition) is 0. The maximum absolute atomic E-state index is 13.0. The summed E-state index contributed by atoms with van der Waals surface area (Å²) in [5.74, 6) is -1.14. The lowest BCUT2D eigenvalue weighted by atomic mass is 10.2. The lowest BCUT2D eigenvalue weighted by Gasteiger charge is -2.08. The minimum atomic E-state index is -4.56. The van der Waals surface area contributed by atoms with E-state index in [9.17, 15) is 27.7 Å². The van der Waals surface area contributed by atoms with Crippen molar-refractivity contribution < 1.29 is 22.5 Å². The molecule has 0 radical (unpaired) electrons. The van der Waals surface area contributed by atoms with Crippen LogP contribution in [0.15, 0.2) is 17.0 Å². The number of hydrogen-bond acceptors (Lipinski definition) is 3. The predicted octanol–water partition coefficient (Wildman–Crippen LogP) is 3.65. The van der Waals surface area contributed by atoms with Crippen LogP contribution in [0.2, 0.25) is 0 Å². The zero-order valence-corrected chi connectivity index (χ0v) is 8.66. The number of nitrogens with zero attached hydrogens (tertiary/aromatic N) is 1. The number of nitro benzene ring substituents is 1. The second-order valence-corrected chi connectivity index (χ2v) is 3.93. The van der Waals surface area contributed by atoms with Gasteiger partial charge in [-0.25, -0.2) is 0 Å². The third-order valence-electron chi connectivity index (χ3n) is 1.74. The van der Waals surface area contributed by atoms with Crippen molar-refractivity contribution in [1.29, 1.82) is 0 Å². The van der Waals surface area contributed by atoms with Crippen molar-refractivity contribution >= 4 is 17.4 Å². The van der Waals surface area contributed by atoms with Crippen molar-refractivity contribution in [2.45, 2.75) is 17.3 Å². The second kappa shape index (κ2) is 4.28. The van der Waals surface area contributed by atoms with Crippen molar-refractivity contribution in [3.63, 3.8) is 0 Å². The molecule has 0 spiro atoms. The smallest absolute Gasteiger partial charge is 0.258 e. The van der Waals surface area contributed by atoms with E-state index in [1.54, 1.807) is 0 Å². The monoisotopic (exact) mass is 255 g/mol. The second-order valence-electron chi connectivity index (χ2n) is 2.82. The molecule has 0 aliphatic rings. The van der Waals surface area contributed by atoms with Crippen molar-refractivity contribution in [2.75, 3.05) is 0 Å². The van der Waals surface area contributed by atoms with Gasteiger partial charge in [-0.1, -0.05) is 0 Å². The predicted molar refractivity (Wildman–Crippen MR) is 49.7 cm³/mol. The molecule has 0 aliphatic heterocycles. The molecule has 88 valence electrons. The van der Waals surface area contributed by atoms with Crippen LogP contribution < -0.4 is 0 Å². The summed E-state index contributed by atoms with van der Waals surface area (Å²) < 4.78 is 49.1. The summed E-state index contributed by atoms with van der Waals surface area (Å²) in [6.07, 6.45) is 0. The maximum Gasteiger partial charge on any atom is 0.446 e. The standard InChI is InChI=1S/C8H5F4NO2S/c1-4-6(16-8(10,11)12)3-2-5(9)7(4)13(14)15/h2-3H,1H3. The Hall–Kier alpha value is -1.31. The van der Waals surface area contributed by atoms with E-state index in [0.29, 0.717) is 6.07 Å². The number of halogens is 4.